The first-order chi connectivity index (χ1) is 28.8. The quantitative estimate of drug-likeness (QED) is 0.118. The molecular weight excluding hydrogens is 780 g/mol. The number of unbranched alkanes of at least 4 members (excludes halogenated alkanes) is 2. The van der Waals surface area contributed by atoms with Crippen LogP contribution in [0.15, 0.2) is 88.4 Å². The molecular formula is C49H59BF3N2O4S+. The normalized spacial score (nSPS) is 21.5. The maximum atomic E-state index is 13.6. The number of alkyl halides is 1. The number of ether oxygens (including phenoxy) is 2. The lowest BCUT2D eigenvalue weighted by atomic mass is 10.0. The van der Waals surface area contributed by atoms with Crippen molar-refractivity contribution in [2.75, 3.05) is 26.5 Å². The highest BCUT2D eigenvalue weighted by Gasteiger charge is 2.29. The largest absolute Gasteiger partial charge is 0.535 e. The third-order valence-electron chi connectivity index (χ3n) is 11.6. The molecule has 0 amide bonds. The van der Waals surface area contributed by atoms with E-state index in [2.05, 4.69) is 116 Å². The van der Waals surface area contributed by atoms with Crippen molar-refractivity contribution in [3.8, 4) is 5.75 Å². The van der Waals surface area contributed by atoms with E-state index in [0.717, 1.165) is 115 Å². The average Bonchev–Trinajstić information content (AvgIpc) is 3.98. The van der Waals surface area contributed by atoms with Crippen molar-refractivity contribution in [1.29, 1.82) is 0 Å². The molecule has 2 atom stereocenters. The maximum absolute atomic E-state index is 13.6. The van der Waals surface area contributed by atoms with Gasteiger partial charge in [-0.05, 0) is 80.6 Å². The van der Waals surface area contributed by atoms with Crippen molar-refractivity contribution in [2.45, 2.75) is 105 Å². The summed E-state index contributed by atoms with van der Waals surface area (Å²) < 4.78 is 75.0. The molecule has 2 bridgehead atoms. The second-order valence-electron chi connectivity index (χ2n) is 16.2. The van der Waals surface area contributed by atoms with Crippen molar-refractivity contribution in [3.05, 3.63) is 115 Å². The van der Waals surface area contributed by atoms with E-state index < -0.39 is 17.1 Å². The van der Waals surface area contributed by atoms with Crippen molar-refractivity contribution in [3.63, 3.8) is 0 Å². The Bertz CT molecular complexity index is 2710. The monoisotopic (exact) mass is 839 g/mol. The van der Waals surface area contributed by atoms with Crippen molar-refractivity contribution in [1.82, 2.24) is 4.57 Å². The summed E-state index contributed by atoms with van der Waals surface area (Å²) in [6.07, 6.45) is 19.8. The summed E-state index contributed by atoms with van der Waals surface area (Å²) in [5.74, 6) is 1.95. The van der Waals surface area contributed by atoms with Gasteiger partial charge in [0.2, 0.25) is 5.71 Å². The van der Waals surface area contributed by atoms with Gasteiger partial charge in [0.1, 0.15) is 30.3 Å². The molecule has 3 aliphatic heterocycles. The van der Waals surface area contributed by atoms with E-state index in [4.69, 9.17) is 9.47 Å². The van der Waals surface area contributed by atoms with Crippen LogP contribution in [0.2, 0.25) is 6.82 Å². The molecule has 1 aliphatic carbocycles. The molecule has 4 aromatic rings. The van der Waals surface area contributed by atoms with E-state index >= 15 is 0 Å². The van der Waals surface area contributed by atoms with Crippen LogP contribution in [0, 0.1) is 0 Å². The zero-order valence-electron chi connectivity index (χ0n) is 36.2. The molecule has 0 saturated carbocycles. The standard InChI is InChI=1S/C47H53N2O4S.CH3BF2.CH3F/c1-7-9-24-48-26-23-35-27-30(3)52-45(35)38-14-11-13-37(32(38)5)41(48)21-19-33-17-18-34(47(33)54(6,50)51)20-22-42-39-15-12-16-40-44(39)43(49(42)25-10-8-2)29-36-28-31(4)53-46(36)40;1-2(3)4;1-2/h11-16,19-23,29-31H,5,7-10,17-18,24-28H2,1-4,6H3;1H3;1H3/q+1;;/b35-23-,45-38+;;. The number of sulfone groups is 1. The van der Waals surface area contributed by atoms with E-state index in [0.29, 0.717) is 24.9 Å². The average molecular weight is 840 g/mol. The highest BCUT2D eigenvalue weighted by Crippen LogP contribution is 2.41. The summed E-state index contributed by atoms with van der Waals surface area (Å²) >= 11 is 0. The van der Waals surface area contributed by atoms with Crippen molar-refractivity contribution < 1.29 is 35.5 Å². The number of hydrogen-bond donors (Lipinski definition) is 0. The first kappa shape index (κ1) is 44.8. The predicted molar refractivity (Wildman–Crippen MR) is 244 cm³/mol. The van der Waals surface area contributed by atoms with Gasteiger partial charge in [-0.3, -0.25) is 13.0 Å². The molecule has 0 spiro atoms. The number of halogens is 3. The van der Waals surface area contributed by atoms with Crippen LogP contribution < -0.4 is 20.5 Å². The Balaban J connectivity index is 0.000000951. The number of nitrogens with zero attached hydrogens (tertiary/aromatic N) is 2. The van der Waals surface area contributed by atoms with Gasteiger partial charge in [0.25, 0.3) is 0 Å². The Morgan fingerprint density at radius 3 is 2.37 bits per heavy atom. The summed E-state index contributed by atoms with van der Waals surface area (Å²) in [6.45, 7) is 16.7. The molecule has 1 aromatic heterocycles. The molecule has 6 nitrogen and oxygen atoms in total. The summed E-state index contributed by atoms with van der Waals surface area (Å²) in [4.78, 5) is 0.452. The topological polar surface area (TPSA) is 60.5 Å². The van der Waals surface area contributed by atoms with Crippen LogP contribution in [-0.4, -0.2) is 69.3 Å². The van der Waals surface area contributed by atoms with Gasteiger partial charge >= 0.3 is 7.27 Å². The Labute approximate surface area is 353 Å². The highest BCUT2D eigenvalue weighted by atomic mass is 32.2. The fraction of sp³-hybridized carbons (Fsp3) is 0.408. The smallest absolute Gasteiger partial charge is 0.489 e. The second-order valence-corrected chi connectivity index (χ2v) is 18.1. The zero-order valence-corrected chi connectivity index (χ0v) is 37.0. The lowest BCUT2D eigenvalue weighted by molar-refractivity contribution is -0.517. The van der Waals surface area contributed by atoms with Gasteiger partial charge < -0.3 is 14.0 Å². The van der Waals surface area contributed by atoms with Crippen LogP contribution in [0.5, 0.6) is 5.75 Å². The van der Waals surface area contributed by atoms with Crippen LogP contribution in [0.4, 0.5) is 13.0 Å². The van der Waals surface area contributed by atoms with Crippen molar-refractivity contribution in [2.24, 2.45) is 0 Å². The van der Waals surface area contributed by atoms with Crippen LogP contribution in [0.3, 0.4) is 0 Å². The minimum absolute atomic E-state index is 0.138. The minimum Gasteiger partial charge on any atom is -0.489 e. The van der Waals surface area contributed by atoms with Gasteiger partial charge in [0.15, 0.2) is 16.4 Å². The van der Waals surface area contributed by atoms with E-state index in [9.17, 15) is 21.4 Å². The summed E-state index contributed by atoms with van der Waals surface area (Å²) in [7, 11) is -5.19. The Morgan fingerprint density at radius 1 is 0.950 bits per heavy atom. The number of aromatic nitrogens is 1. The molecule has 1 fully saturated rings. The first-order valence-electron chi connectivity index (χ1n) is 21.3. The Kier molecular flexibility index (Phi) is 14.4. The molecule has 3 aromatic carbocycles. The first-order valence-corrected chi connectivity index (χ1v) is 23.2. The molecule has 0 radical (unpaired) electrons. The molecule has 4 heterocycles. The number of rotatable bonds is 10. The molecule has 8 rings (SSSR count). The molecule has 1 saturated heterocycles. The van der Waals surface area contributed by atoms with Crippen LogP contribution in [0.1, 0.15) is 83.8 Å². The lowest BCUT2D eigenvalue weighted by Crippen LogP contribution is -2.34. The van der Waals surface area contributed by atoms with Gasteiger partial charge in [0.05, 0.1) is 23.2 Å². The molecule has 0 N–H and O–H groups in total. The van der Waals surface area contributed by atoms with E-state index in [1.54, 1.807) is 0 Å². The number of allylic oxidation sites excluding steroid dienone is 5. The summed E-state index contributed by atoms with van der Waals surface area (Å²) in [5.41, 5.74) is 7.58. The van der Waals surface area contributed by atoms with Crippen LogP contribution >= 0.6 is 0 Å². The number of aryl methyl sites for hydroxylation is 1. The molecule has 60 heavy (non-hydrogen) atoms. The molecule has 318 valence electrons. The number of benzene rings is 3. The van der Waals surface area contributed by atoms with Gasteiger partial charge in [-0.25, -0.2) is 13.0 Å². The summed E-state index contributed by atoms with van der Waals surface area (Å²) in [5, 5.41) is 6.67. The number of fused-ring (bicyclic) bond motifs is 5. The summed E-state index contributed by atoms with van der Waals surface area (Å²) in [6, 6.07) is 15.2. The highest BCUT2D eigenvalue weighted by molar-refractivity contribution is 7.94. The Morgan fingerprint density at radius 2 is 1.65 bits per heavy atom. The van der Waals surface area contributed by atoms with Crippen LogP contribution in [-0.2, 0) is 27.5 Å². The third-order valence-corrected chi connectivity index (χ3v) is 12.9. The SMILES string of the molecule is C=c1c2ccc/c1=C1\OC(C)C\C1=C\C[N+](CCCC)=C2/C=C/C1=C(S(C)(=O)=O)C(=C/C=c2\c3cccc4c5c(cc(c43)n2CCCC)CC(C)O5)/CC1.CB(F)F.CF. The van der Waals surface area contributed by atoms with Crippen molar-refractivity contribution >= 4 is 62.9 Å². The molecule has 2 unspecified atom stereocenters. The fourth-order valence-corrected chi connectivity index (χ4v) is 10.3. The van der Waals surface area contributed by atoms with Gasteiger partial charge in [0, 0.05) is 76.0 Å². The molecule has 4 aliphatic rings. The van der Waals surface area contributed by atoms with Gasteiger partial charge in [-0.2, -0.15) is 0 Å². The zero-order chi connectivity index (χ0) is 43.3. The van der Waals surface area contributed by atoms with Crippen LogP contribution in [0.25, 0.3) is 40.1 Å². The van der Waals surface area contributed by atoms with E-state index in [-0.39, 0.29) is 12.2 Å². The van der Waals surface area contributed by atoms with Gasteiger partial charge in [-0.15, -0.1) is 0 Å². The van der Waals surface area contributed by atoms with E-state index in [1.807, 2.05) is 0 Å². The lowest BCUT2D eigenvalue weighted by Gasteiger charge is -2.09. The minimum atomic E-state index is -3.52. The fourth-order valence-electron chi connectivity index (χ4n) is 9.05. The maximum Gasteiger partial charge on any atom is 0.535 e. The Hall–Kier alpha value is -4.77. The second kappa shape index (κ2) is 19.3. The van der Waals surface area contributed by atoms with E-state index in [1.165, 1.54) is 39.1 Å². The predicted octanol–water partition coefficient (Wildman–Crippen LogP) is 9.19. The number of hydrogen-bond acceptors (Lipinski definition) is 4. The molecule has 11 heteroatoms. The third kappa shape index (κ3) is 9.26. The van der Waals surface area contributed by atoms with Gasteiger partial charge in [-0.1, -0.05) is 75.8 Å².